The molecule has 2 aliphatic heterocycles. The number of amides is 1. The van der Waals surface area contributed by atoms with Crippen LogP contribution in [0.4, 0.5) is 0 Å². The quantitative estimate of drug-likeness (QED) is 0.670. The number of hydrogen-bond acceptors (Lipinski definition) is 3. The fourth-order valence-corrected chi connectivity index (χ4v) is 2.70. The van der Waals surface area contributed by atoms with Gasteiger partial charge in [0.15, 0.2) is 0 Å². The van der Waals surface area contributed by atoms with Crippen molar-refractivity contribution in [1.29, 1.82) is 0 Å². The van der Waals surface area contributed by atoms with Crippen molar-refractivity contribution >= 4 is 5.91 Å². The first-order valence-electron chi connectivity index (χ1n) is 5.20. The number of hydrogen-bond donors (Lipinski definition) is 1. The molecule has 3 fully saturated rings. The predicted molar refractivity (Wildman–Crippen MR) is 52.6 cm³/mol. The fourth-order valence-electron chi connectivity index (χ4n) is 2.70. The lowest BCUT2D eigenvalue weighted by molar-refractivity contribution is -0.156. The largest absolute Gasteiger partial charge is 0.381 e. The molecule has 0 radical (unpaired) electrons. The topological polar surface area (TPSA) is 55.6 Å². The van der Waals surface area contributed by atoms with Crippen molar-refractivity contribution in [2.24, 2.45) is 17.6 Å². The van der Waals surface area contributed by atoms with Crippen LogP contribution in [0.5, 0.6) is 0 Å². The van der Waals surface area contributed by atoms with Crippen molar-refractivity contribution in [3.8, 4) is 0 Å². The molecular formula is C10H18N2O2. The molecule has 0 spiro atoms. The molecule has 2 N–H and O–H groups in total. The Morgan fingerprint density at radius 2 is 2.07 bits per heavy atom. The minimum Gasteiger partial charge on any atom is -0.381 e. The monoisotopic (exact) mass is 198 g/mol. The molecule has 3 aliphatic rings. The molecular weight excluding hydrogens is 180 g/mol. The SMILES string of the molecule is COC1[C@H]2C[C@H]1CN(C(=O)[C@@H](C)N)C2. The molecule has 2 heterocycles. The van der Waals surface area contributed by atoms with E-state index in [2.05, 4.69) is 0 Å². The zero-order chi connectivity index (χ0) is 10.3. The lowest BCUT2D eigenvalue weighted by atomic mass is 9.68. The number of nitrogens with two attached hydrogens (primary N) is 1. The molecule has 2 saturated heterocycles. The number of piperidine rings is 2. The summed E-state index contributed by atoms with van der Waals surface area (Å²) >= 11 is 0. The van der Waals surface area contributed by atoms with Crippen LogP contribution in [0, 0.1) is 11.8 Å². The first-order chi connectivity index (χ1) is 6.63. The van der Waals surface area contributed by atoms with Gasteiger partial charge < -0.3 is 15.4 Å². The minimum atomic E-state index is -0.367. The second-order valence-corrected chi connectivity index (χ2v) is 4.49. The van der Waals surface area contributed by atoms with Gasteiger partial charge in [-0.2, -0.15) is 0 Å². The van der Waals surface area contributed by atoms with Crippen molar-refractivity contribution in [1.82, 2.24) is 4.90 Å². The second-order valence-electron chi connectivity index (χ2n) is 4.49. The summed E-state index contributed by atoms with van der Waals surface area (Å²) in [4.78, 5) is 13.5. The van der Waals surface area contributed by atoms with Crippen molar-refractivity contribution in [2.45, 2.75) is 25.5 Å². The van der Waals surface area contributed by atoms with Crippen LogP contribution in [0.15, 0.2) is 0 Å². The van der Waals surface area contributed by atoms with Gasteiger partial charge in [0.25, 0.3) is 0 Å². The molecule has 0 aromatic rings. The van der Waals surface area contributed by atoms with E-state index in [0.29, 0.717) is 17.9 Å². The average molecular weight is 198 g/mol. The maximum absolute atomic E-state index is 11.6. The lowest BCUT2D eigenvalue weighted by Gasteiger charge is -2.52. The molecule has 0 unspecified atom stereocenters. The van der Waals surface area contributed by atoms with Crippen LogP contribution in [0.2, 0.25) is 0 Å². The van der Waals surface area contributed by atoms with Crippen LogP contribution in [-0.2, 0) is 9.53 Å². The third-order valence-electron chi connectivity index (χ3n) is 3.42. The van der Waals surface area contributed by atoms with Crippen LogP contribution < -0.4 is 5.73 Å². The molecule has 14 heavy (non-hydrogen) atoms. The van der Waals surface area contributed by atoms with Gasteiger partial charge in [0, 0.05) is 32.0 Å². The summed E-state index contributed by atoms with van der Waals surface area (Å²) in [6.07, 6.45) is 1.59. The number of nitrogens with zero attached hydrogens (tertiary/aromatic N) is 1. The first kappa shape index (κ1) is 9.93. The van der Waals surface area contributed by atoms with Gasteiger partial charge >= 0.3 is 0 Å². The Hall–Kier alpha value is -0.610. The van der Waals surface area contributed by atoms with E-state index in [1.54, 1.807) is 14.0 Å². The first-order valence-corrected chi connectivity index (χ1v) is 5.20. The molecule has 3 rings (SSSR count). The second kappa shape index (κ2) is 3.51. The van der Waals surface area contributed by atoms with Gasteiger partial charge in [0.1, 0.15) is 0 Å². The molecule has 0 aromatic heterocycles. The maximum Gasteiger partial charge on any atom is 0.239 e. The Labute approximate surface area is 84.4 Å². The van der Waals surface area contributed by atoms with E-state index >= 15 is 0 Å². The third kappa shape index (κ3) is 1.42. The number of ether oxygens (including phenoxy) is 1. The van der Waals surface area contributed by atoms with Gasteiger partial charge in [-0.1, -0.05) is 0 Å². The summed E-state index contributed by atoms with van der Waals surface area (Å²) in [7, 11) is 1.76. The standard InChI is InChI=1S/C10H18N2O2/c1-6(11)10(13)12-4-7-3-8(5-12)9(7)14-2/h6-9H,3-5,11H2,1-2H3/t6-,7+,8+/m1/s1. The molecule has 1 saturated carbocycles. The van der Waals surface area contributed by atoms with Crippen molar-refractivity contribution in [3.05, 3.63) is 0 Å². The number of methoxy groups -OCH3 is 1. The van der Waals surface area contributed by atoms with Crippen molar-refractivity contribution < 1.29 is 9.53 Å². The van der Waals surface area contributed by atoms with Gasteiger partial charge in [0.2, 0.25) is 5.91 Å². The number of carbonyl (C=O) groups excluding carboxylic acids is 1. The summed E-state index contributed by atoms with van der Waals surface area (Å²) in [5, 5.41) is 0. The zero-order valence-electron chi connectivity index (χ0n) is 8.77. The van der Waals surface area contributed by atoms with E-state index in [4.69, 9.17) is 10.5 Å². The smallest absolute Gasteiger partial charge is 0.239 e. The van der Waals surface area contributed by atoms with Crippen LogP contribution in [0.3, 0.4) is 0 Å². The zero-order valence-corrected chi connectivity index (χ0v) is 8.77. The molecule has 4 nitrogen and oxygen atoms in total. The molecule has 4 heteroatoms. The van der Waals surface area contributed by atoms with E-state index in [1.165, 1.54) is 6.42 Å². The van der Waals surface area contributed by atoms with Crippen LogP contribution in [-0.4, -0.2) is 43.2 Å². The van der Waals surface area contributed by atoms with E-state index < -0.39 is 0 Å². The maximum atomic E-state index is 11.6. The molecule has 1 amide bonds. The van der Waals surface area contributed by atoms with Gasteiger partial charge in [-0.25, -0.2) is 0 Å². The highest BCUT2D eigenvalue weighted by Gasteiger charge is 2.48. The summed E-state index contributed by atoms with van der Waals surface area (Å²) in [5.41, 5.74) is 5.57. The number of fused-ring (bicyclic) bond motifs is 2. The summed E-state index contributed by atoms with van der Waals surface area (Å²) in [5.74, 6) is 1.16. The van der Waals surface area contributed by atoms with Gasteiger partial charge in [-0.3, -0.25) is 4.79 Å². The van der Waals surface area contributed by atoms with Gasteiger partial charge in [0.05, 0.1) is 12.1 Å². The lowest BCUT2D eigenvalue weighted by Crippen LogP contribution is -2.61. The van der Waals surface area contributed by atoms with Crippen molar-refractivity contribution in [3.63, 3.8) is 0 Å². The van der Waals surface area contributed by atoms with E-state index in [9.17, 15) is 4.79 Å². The third-order valence-corrected chi connectivity index (χ3v) is 3.42. The fraction of sp³-hybridized carbons (Fsp3) is 0.900. The molecule has 0 aromatic carbocycles. The van der Waals surface area contributed by atoms with Gasteiger partial charge in [-0.15, -0.1) is 0 Å². The summed E-state index contributed by atoms with van der Waals surface area (Å²) < 4.78 is 5.37. The van der Waals surface area contributed by atoms with Crippen LogP contribution in [0.25, 0.3) is 0 Å². The van der Waals surface area contributed by atoms with Crippen LogP contribution >= 0.6 is 0 Å². The van der Waals surface area contributed by atoms with Crippen LogP contribution in [0.1, 0.15) is 13.3 Å². The number of carbonyl (C=O) groups is 1. The highest BCUT2D eigenvalue weighted by atomic mass is 16.5. The molecule has 2 bridgehead atoms. The Morgan fingerprint density at radius 3 is 2.50 bits per heavy atom. The Kier molecular flexibility index (Phi) is 2.49. The van der Waals surface area contributed by atoms with Crippen molar-refractivity contribution in [2.75, 3.05) is 20.2 Å². The summed E-state index contributed by atoms with van der Waals surface area (Å²) in [6.45, 7) is 3.40. The Morgan fingerprint density at radius 1 is 1.50 bits per heavy atom. The Balaban J connectivity index is 1.93. The normalized spacial score (nSPS) is 37.6. The average Bonchev–Trinajstić information content (AvgIpc) is 2.17. The highest BCUT2D eigenvalue weighted by molar-refractivity contribution is 5.81. The predicted octanol–water partition coefficient (Wildman–Crippen LogP) is -0.173. The molecule has 3 atom stereocenters. The molecule has 1 aliphatic carbocycles. The number of rotatable bonds is 2. The Bertz CT molecular complexity index is 230. The van der Waals surface area contributed by atoms with E-state index in [-0.39, 0.29) is 11.9 Å². The highest BCUT2D eigenvalue weighted by Crippen LogP contribution is 2.41. The molecule has 80 valence electrons. The van der Waals surface area contributed by atoms with E-state index in [0.717, 1.165) is 13.1 Å². The van der Waals surface area contributed by atoms with E-state index in [1.807, 2.05) is 4.90 Å². The van der Waals surface area contributed by atoms with Gasteiger partial charge in [-0.05, 0) is 13.3 Å². The summed E-state index contributed by atoms with van der Waals surface area (Å²) in [6, 6.07) is -0.367. The minimum absolute atomic E-state index is 0.0780.